The van der Waals surface area contributed by atoms with E-state index in [9.17, 15) is 13.2 Å². The summed E-state index contributed by atoms with van der Waals surface area (Å²) in [6.45, 7) is 4.28. The smallest absolute Gasteiger partial charge is 0.243 e. The third-order valence-corrected chi connectivity index (χ3v) is 7.48. The fourth-order valence-electron chi connectivity index (χ4n) is 3.50. The van der Waals surface area contributed by atoms with Crippen molar-refractivity contribution in [3.8, 4) is 5.75 Å². The molecule has 1 heterocycles. The van der Waals surface area contributed by atoms with Crippen LogP contribution in [0.4, 0.5) is 5.69 Å². The minimum Gasteiger partial charge on any atom is -0.495 e. The van der Waals surface area contributed by atoms with Crippen molar-refractivity contribution in [1.82, 2.24) is 4.31 Å². The molecule has 0 spiro atoms. The summed E-state index contributed by atoms with van der Waals surface area (Å²) in [5.74, 6) is 0.0933. The first-order chi connectivity index (χ1) is 13.7. The maximum absolute atomic E-state index is 13.0. The van der Waals surface area contributed by atoms with E-state index in [4.69, 9.17) is 16.3 Å². The van der Waals surface area contributed by atoms with Gasteiger partial charge in [-0.3, -0.25) is 4.79 Å². The molecule has 1 amide bonds. The van der Waals surface area contributed by atoms with Gasteiger partial charge in [-0.1, -0.05) is 23.7 Å². The van der Waals surface area contributed by atoms with Crippen LogP contribution in [0.15, 0.2) is 41.3 Å². The standard InChI is InChI=1S/C21H25ClN2O4S/c1-14-4-5-15(2)20(12-14)29(26,27)24-10-8-16(9-11-24)21(25)23-18-13-17(22)6-7-19(18)28-3/h4-7,12-13,16H,8-11H2,1-3H3,(H,23,25). The first-order valence-electron chi connectivity index (χ1n) is 9.44. The van der Waals surface area contributed by atoms with Crippen molar-refractivity contribution in [3.63, 3.8) is 0 Å². The zero-order valence-electron chi connectivity index (χ0n) is 16.7. The summed E-state index contributed by atoms with van der Waals surface area (Å²) in [6.07, 6.45) is 0.914. The molecule has 6 nitrogen and oxygen atoms in total. The van der Waals surface area contributed by atoms with Crippen molar-refractivity contribution in [1.29, 1.82) is 0 Å². The number of sulfonamides is 1. The number of nitrogens with zero attached hydrogens (tertiary/aromatic N) is 1. The van der Waals surface area contributed by atoms with E-state index in [2.05, 4.69) is 5.32 Å². The quantitative estimate of drug-likeness (QED) is 0.768. The highest BCUT2D eigenvalue weighted by Gasteiger charge is 2.33. The number of hydrogen-bond donors (Lipinski definition) is 1. The Bertz CT molecular complexity index is 1020. The van der Waals surface area contributed by atoms with Gasteiger partial charge >= 0.3 is 0 Å². The minimum absolute atomic E-state index is 0.158. The summed E-state index contributed by atoms with van der Waals surface area (Å²) in [7, 11) is -2.05. The Balaban J connectivity index is 1.68. The van der Waals surface area contributed by atoms with Crippen molar-refractivity contribution in [2.24, 2.45) is 5.92 Å². The van der Waals surface area contributed by atoms with E-state index in [0.29, 0.717) is 47.3 Å². The molecule has 0 radical (unpaired) electrons. The van der Waals surface area contributed by atoms with Gasteiger partial charge in [-0.05, 0) is 62.1 Å². The molecule has 1 N–H and O–H groups in total. The Morgan fingerprint density at radius 1 is 1.14 bits per heavy atom. The number of carbonyl (C=O) groups excluding carboxylic acids is 1. The van der Waals surface area contributed by atoms with Gasteiger partial charge in [0.2, 0.25) is 15.9 Å². The summed E-state index contributed by atoms with van der Waals surface area (Å²) in [6, 6.07) is 10.4. The van der Waals surface area contributed by atoms with Crippen molar-refractivity contribution in [2.75, 3.05) is 25.5 Å². The zero-order valence-corrected chi connectivity index (χ0v) is 18.3. The molecule has 0 aliphatic carbocycles. The minimum atomic E-state index is -3.58. The lowest BCUT2D eigenvalue weighted by atomic mass is 9.97. The number of halogens is 1. The molecule has 0 saturated carbocycles. The number of piperidine rings is 1. The number of hydrogen-bond acceptors (Lipinski definition) is 4. The largest absolute Gasteiger partial charge is 0.495 e. The van der Waals surface area contributed by atoms with Crippen LogP contribution in [0.1, 0.15) is 24.0 Å². The Morgan fingerprint density at radius 3 is 2.48 bits per heavy atom. The molecule has 0 unspecified atom stereocenters. The average molecular weight is 437 g/mol. The molecule has 8 heteroatoms. The molecule has 1 aliphatic heterocycles. The van der Waals surface area contributed by atoms with Crippen LogP contribution in [0.25, 0.3) is 0 Å². The van der Waals surface area contributed by atoms with E-state index in [0.717, 1.165) is 11.1 Å². The molecule has 2 aromatic carbocycles. The second-order valence-corrected chi connectivity index (χ2v) is 9.62. The van der Waals surface area contributed by atoms with Crippen LogP contribution in [0.2, 0.25) is 5.02 Å². The van der Waals surface area contributed by atoms with Gasteiger partial charge < -0.3 is 10.1 Å². The topological polar surface area (TPSA) is 75.7 Å². The second-order valence-electron chi connectivity index (χ2n) is 7.28. The van der Waals surface area contributed by atoms with Crippen molar-refractivity contribution < 1.29 is 17.9 Å². The average Bonchev–Trinajstić information content (AvgIpc) is 2.70. The van der Waals surface area contributed by atoms with Crippen LogP contribution in [0, 0.1) is 19.8 Å². The lowest BCUT2D eigenvalue weighted by molar-refractivity contribution is -0.120. The van der Waals surface area contributed by atoms with Gasteiger partial charge in [-0.2, -0.15) is 4.31 Å². The number of anilines is 1. The fourth-order valence-corrected chi connectivity index (χ4v) is 5.45. The van der Waals surface area contributed by atoms with Gasteiger partial charge in [-0.15, -0.1) is 0 Å². The number of benzene rings is 2. The Kier molecular flexibility index (Phi) is 6.51. The molecule has 156 valence electrons. The lowest BCUT2D eigenvalue weighted by Gasteiger charge is -2.31. The molecule has 1 saturated heterocycles. The number of rotatable bonds is 5. The Morgan fingerprint density at radius 2 is 1.83 bits per heavy atom. The zero-order chi connectivity index (χ0) is 21.2. The van der Waals surface area contributed by atoms with E-state index in [-0.39, 0.29) is 11.8 Å². The molecule has 2 aromatic rings. The van der Waals surface area contributed by atoms with Crippen LogP contribution in [0.3, 0.4) is 0 Å². The van der Waals surface area contributed by atoms with Gasteiger partial charge in [0, 0.05) is 24.0 Å². The predicted octanol–water partition coefficient (Wildman–Crippen LogP) is 4.00. The Hall–Kier alpha value is -2.09. The third-order valence-electron chi connectivity index (χ3n) is 5.21. The van der Waals surface area contributed by atoms with Gasteiger partial charge in [0.05, 0.1) is 17.7 Å². The number of ether oxygens (including phenoxy) is 1. The number of carbonyl (C=O) groups is 1. The van der Waals surface area contributed by atoms with E-state index >= 15 is 0 Å². The molecule has 0 bridgehead atoms. The van der Waals surface area contributed by atoms with Crippen LogP contribution >= 0.6 is 11.6 Å². The molecule has 1 aliphatic rings. The number of amides is 1. The second kappa shape index (κ2) is 8.73. The number of nitrogens with one attached hydrogen (secondary N) is 1. The SMILES string of the molecule is COc1ccc(Cl)cc1NC(=O)C1CCN(S(=O)(=O)c2cc(C)ccc2C)CC1. The summed E-state index contributed by atoms with van der Waals surface area (Å²) in [5.41, 5.74) is 2.14. The molecule has 0 atom stereocenters. The lowest BCUT2D eigenvalue weighted by Crippen LogP contribution is -2.41. The highest BCUT2D eigenvalue weighted by molar-refractivity contribution is 7.89. The van der Waals surface area contributed by atoms with Gasteiger partial charge in [0.15, 0.2) is 0 Å². The molecule has 1 fully saturated rings. The first-order valence-corrected chi connectivity index (χ1v) is 11.3. The van der Waals surface area contributed by atoms with Crippen LogP contribution < -0.4 is 10.1 Å². The monoisotopic (exact) mass is 436 g/mol. The number of aryl methyl sites for hydroxylation is 2. The molecule has 29 heavy (non-hydrogen) atoms. The van der Waals surface area contributed by atoms with Crippen molar-refractivity contribution in [2.45, 2.75) is 31.6 Å². The van der Waals surface area contributed by atoms with Gasteiger partial charge in [0.1, 0.15) is 5.75 Å². The van der Waals surface area contributed by atoms with E-state index in [1.807, 2.05) is 19.1 Å². The highest BCUT2D eigenvalue weighted by atomic mass is 35.5. The van der Waals surface area contributed by atoms with E-state index in [1.165, 1.54) is 11.4 Å². The third kappa shape index (κ3) is 4.74. The molecular formula is C21H25ClN2O4S. The fraction of sp³-hybridized carbons (Fsp3) is 0.381. The van der Waals surface area contributed by atoms with Crippen molar-refractivity contribution in [3.05, 3.63) is 52.5 Å². The Labute approximate surface area is 176 Å². The van der Waals surface area contributed by atoms with E-state index < -0.39 is 10.0 Å². The summed E-state index contributed by atoms with van der Waals surface area (Å²) < 4.78 is 32.8. The van der Waals surface area contributed by atoms with Gasteiger partial charge in [-0.25, -0.2) is 8.42 Å². The maximum atomic E-state index is 13.0. The highest BCUT2D eigenvalue weighted by Crippen LogP contribution is 2.30. The predicted molar refractivity (Wildman–Crippen MR) is 114 cm³/mol. The number of methoxy groups -OCH3 is 1. The summed E-state index contributed by atoms with van der Waals surface area (Å²) in [4.78, 5) is 13.0. The summed E-state index contributed by atoms with van der Waals surface area (Å²) in [5, 5.41) is 3.35. The van der Waals surface area contributed by atoms with Crippen molar-refractivity contribution >= 4 is 33.2 Å². The molecule has 0 aromatic heterocycles. The summed E-state index contributed by atoms with van der Waals surface area (Å²) >= 11 is 6.01. The van der Waals surface area contributed by atoms with Crippen LogP contribution in [-0.4, -0.2) is 38.8 Å². The van der Waals surface area contributed by atoms with Crippen LogP contribution in [-0.2, 0) is 14.8 Å². The molecular weight excluding hydrogens is 412 g/mol. The molecule has 3 rings (SSSR count). The maximum Gasteiger partial charge on any atom is 0.243 e. The first kappa shape index (κ1) is 21.6. The van der Waals surface area contributed by atoms with Crippen LogP contribution in [0.5, 0.6) is 5.75 Å². The van der Waals surface area contributed by atoms with Gasteiger partial charge in [0.25, 0.3) is 0 Å². The van der Waals surface area contributed by atoms with E-state index in [1.54, 1.807) is 31.2 Å². The normalized spacial score (nSPS) is 15.9.